The summed E-state index contributed by atoms with van der Waals surface area (Å²) in [6.07, 6.45) is 1.30. The Kier molecular flexibility index (Phi) is 10.5. The fourth-order valence-corrected chi connectivity index (χ4v) is 2.95. The smallest absolute Gasteiger partial charge is 0.227 e. The Morgan fingerprint density at radius 3 is 2.32 bits per heavy atom. The fourth-order valence-electron chi connectivity index (χ4n) is 2.95. The Labute approximate surface area is 161 Å². The van der Waals surface area contributed by atoms with E-state index in [-0.39, 0.29) is 42.6 Å². The van der Waals surface area contributed by atoms with Crippen molar-refractivity contribution in [2.45, 2.75) is 18.9 Å². The summed E-state index contributed by atoms with van der Waals surface area (Å²) >= 11 is 0. The minimum absolute atomic E-state index is 0. The fraction of sp³-hybridized carbons (Fsp3) is 0.588. The Balaban J connectivity index is 0.00000288. The third-order valence-electron chi connectivity index (χ3n) is 4.66. The van der Waals surface area contributed by atoms with E-state index in [0.29, 0.717) is 39.1 Å². The summed E-state index contributed by atoms with van der Waals surface area (Å²) in [6.45, 7) is 1.92. The normalized spacial score (nSPS) is 17.2. The number of halogens is 3. The van der Waals surface area contributed by atoms with E-state index >= 15 is 0 Å². The molecule has 0 aromatic heterocycles. The van der Waals surface area contributed by atoms with Gasteiger partial charge in [-0.1, -0.05) is 12.1 Å². The van der Waals surface area contributed by atoms with E-state index < -0.39 is 5.41 Å². The molecule has 1 aromatic carbocycles. The van der Waals surface area contributed by atoms with Gasteiger partial charge >= 0.3 is 0 Å². The molecule has 3 N–H and O–H groups in total. The lowest BCUT2D eigenvalue weighted by Crippen LogP contribution is -2.50. The summed E-state index contributed by atoms with van der Waals surface area (Å²) < 4.78 is 18.4. The van der Waals surface area contributed by atoms with Crippen LogP contribution >= 0.6 is 24.8 Å². The van der Waals surface area contributed by atoms with Gasteiger partial charge in [-0.15, -0.1) is 24.8 Å². The summed E-state index contributed by atoms with van der Waals surface area (Å²) in [7, 11) is 3.88. The molecule has 5 nitrogen and oxygen atoms in total. The predicted octanol–water partition coefficient (Wildman–Crippen LogP) is 2.14. The van der Waals surface area contributed by atoms with Crippen LogP contribution in [0.4, 0.5) is 4.39 Å². The molecule has 1 aliphatic heterocycles. The Morgan fingerprint density at radius 2 is 1.84 bits per heavy atom. The Morgan fingerprint density at radius 1 is 1.28 bits per heavy atom. The van der Waals surface area contributed by atoms with Crippen LogP contribution in [-0.2, 0) is 9.53 Å². The van der Waals surface area contributed by atoms with Gasteiger partial charge in [0.15, 0.2) is 0 Å². The lowest BCUT2D eigenvalue weighted by atomic mass is 9.79. The number of rotatable bonds is 6. The molecular formula is C17H28Cl2FN3O2. The maximum atomic E-state index is 13.1. The first kappa shape index (κ1) is 24.1. The number of hydrogen-bond acceptors (Lipinski definition) is 4. The molecule has 0 radical (unpaired) electrons. The van der Waals surface area contributed by atoms with Gasteiger partial charge in [-0.05, 0) is 44.6 Å². The maximum absolute atomic E-state index is 13.1. The quantitative estimate of drug-likeness (QED) is 0.773. The second-order valence-corrected chi connectivity index (χ2v) is 6.34. The van der Waals surface area contributed by atoms with Crippen molar-refractivity contribution in [3.05, 3.63) is 35.6 Å². The molecule has 8 heteroatoms. The third kappa shape index (κ3) is 6.08. The van der Waals surface area contributed by atoms with Crippen molar-refractivity contribution in [2.24, 2.45) is 11.1 Å². The highest BCUT2D eigenvalue weighted by Gasteiger charge is 2.38. The number of hydrogen-bond donors (Lipinski definition) is 2. The van der Waals surface area contributed by atoms with Crippen molar-refractivity contribution in [1.82, 2.24) is 10.2 Å². The lowest BCUT2D eigenvalue weighted by molar-refractivity contribution is -0.136. The van der Waals surface area contributed by atoms with Crippen molar-refractivity contribution >= 4 is 30.7 Å². The average Bonchev–Trinajstić information content (AvgIpc) is 2.56. The molecule has 1 aliphatic rings. The predicted molar refractivity (Wildman–Crippen MR) is 102 cm³/mol. The van der Waals surface area contributed by atoms with Gasteiger partial charge < -0.3 is 20.7 Å². The van der Waals surface area contributed by atoms with Crippen molar-refractivity contribution in [3.63, 3.8) is 0 Å². The second kappa shape index (κ2) is 10.9. The molecular weight excluding hydrogens is 368 g/mol. The zero-order chi connectivity index (χ0) is 16.9. The summed E-state index contributed by atoms with van der Waals surface area (Å²) in [5.74, 6) is -0.281. The van der Waals surface area contributed by atoms with Gasteiger partial charge in [-0.25, -0.2) is 4.39 Å². The van der Waals surface area contributed by atoms with Crippen molar-refractivity contribution < 1.29 is 13.9 Å². The lowest BCUT2D eigenvalue weighted by Gasteiger charge is -2.35. The first-order valence-corrected chi connectivity index (χ1v) is 7.96. The molecule has 144 valence electrons. The van der Waals surface area contributed by atoms with Crippen LogP contribution in [0.1, 0.15) is 24.4 Å². The van der Waals surface area contributed by atoms with E-state index in [1.807, 2.05) is 19.0 Å². The summed E-state index contributed by atoms with van der Waals surface area (Å²) in [4.78, 5) is 14.6. The average molecular weight is 396 g/mol. The monoisotopic (exact) mass is 395 g/mol. The van der Waals surface area contributed by atoms with Crippen LogP contribution in [0.15, 0.2) is 24.3 Å². The zero-order valence-corrected chi connectivity index (χ0v) is 16.3. The van der Waals surface area contributed by atoms with E-state index in [2.05, 4.69) is 5.32 Å². The van der Waals surface area contributed by atoms with Crippen molar-refractivity contribution in [1.29, 1.82) is 0 Å². The number of nitrogens with one attached hydrogen (secondary N) is 1. The van der Waals surface area contributed by atoms with Crippen LogP contribution < -0.4 is 11.1 Å². The molecule has 0 spiro atoms. The molecule has 0 saturated carbocycles. The molecule has 1 fully saturated rings. The van der Waals surface area contributed by atoms with Gasteiger partial charge in [-0.2, -0.15) is 0 Å². The van der Waals surface area contributed by atoms with Gasteiger partial charge in [0.1, 0.15) is 5.82 Å². The van der Waals surface area contributed by atoms with E-state index in [1.54, 1.807) is 12.1 Å². The minimum Gasteiger partial charge on any atom is -0.381 e. The van der Waals surface area contributed by atoms with Gasteiger partial charge in [0.25, 0.3) is 0 Å². The number of ether oxygens (including phenoxy) is 1. The Hall–Kier alpha value is -0.920. The summed E-state index contributed by atoms with van der Waals surface area (Å²) in [6, 6.07) is 6.36. The van der Waals surface area contributed by atoms with Crippen LogP contribution in [0.2, 0.25) is 0 Å². The van der Waals surface area contributed by atoms with Gasteiger partial charge in [0.05, 0.1) is 11.5 Å². The van der Waals surface area contributed by atoms with Crippen LogP contribution in [0.25, 0.3) is 0 Å². The highest BCUT2D eigenvalue weighted by molar-refractivity contribution is 5.85. The molecule has 25 heavy (non-hydrogen) atoms. The van der Waals surface area contributed by atoms with Crippen LogP contribution in [-0.4, -0.2) is 51.2 Å². The molecule has 1 amide bonds. The number of nitrogens with zero attached hydrogens (tertiary/aromatic N) is 1. The first-order chi connectivity index (χ1) is 11.0. The molecule has 1 aromatic rings. The molecule has 1 heterocycles. The van der Waals surface area contributed by atoms with Gasteiger partial charge in [0.2, 0.25) is 5.91 Å². The molecule has 0 bridgehead atoms. The number of benzene rings is 1. The molecule has 1 unspecified atom stereocenters. The first-order valence-electron chi connectivity index (χ1n) is 7.96. The summed E-state index contributed by atoms with van der Waals surface area (Å²) in [5.41, 5.74) is 6.30. The standard InChI is InChI=1S/C17H26FN3O2.2ClH/c1-21(2)15(13-3-5-14(18)6-4-13)11-20-16(22)17(12-19)7-9-23-10-8-17;;/h3-6,15H,7-12,19H2,1-2H3,(H,20,22);2*1H. The SMILES string of the molecule is CN(C)C(CNC(=O)C1(CN)CCOCC1)c1ccc(F)cc1.Cl.Cl. The number of nitrogens with two attached hydrogens (primary N) is 1. The Bertz CT molecular complexity index is 523. The van der Waals surface area contributed by atoms with Crippen molar-refractivity contribution in [3.8, 4) is 0 Å². The summed E-state index contributed by atoms with van der Waals surface area (Å²) in [5, 5.41) is 3.03. The molecule has 0 aliphatic carbocycles. The maximum Gasteiger partial charge on any atom is 0.227 e. The number of carbonyl (C=O) groups excluding carboxylic acids is 1. The van der Waals surface area contributed by atoms with E-state index in [1.165, 1.54) is 12.1 Å². The molecule has 1 saturated heterocycles. The van der Waals surface area contributed by atoms with Gasteiger partial charge in [-0.3, -0.25) is 4.79 Å². The highest BCUT2D eigenvalue weighted by atomic mass is 35.5. The topological polar surface area (TPSA) is 67.6 Å². The molecule has 2 rings (SSSR count). The van der Waals surface area contributed by atoms with E-state index in [4.69, 9.17) is 10.5 Å². The number of amides is 1. The number of likely N-dealkylation sites (N-methyl/N-ethyl adjacent to an activating group) is 1. The second-order valence-electron chi connectivity index (χ2n) is 6.34. The van der Waals surface area contributed by atoms with Crippen LogP contribution in [0, 0.1) is 11.2 Å². The zero-order valence-electron chi connectivity index (χ0n) is 14.7. The molecule has 1 atom stereocenters. The highest BCUT2D eigenvalue weighted by Crippen LogP contribution is 2.29. The third-order valence-corrected chi connectivity index (χ3v) is 4.66. The van der Waals surface area contributed by atoms with E-state index in [0.717, 1.165) is 5.56 Å². The van der Waals surface area contributed by atoms with E-state index in [9.17, 15) is 9.18 Å². The largest absolute Gasteiger partial charge is 0.381 e. The van der Waals surface area contributed by atoms with Crippen LogP contribution in [0.3, 0.4) is 0 Å². The van der Waals surface area contributed by atoms with Crippen LogP contribution in [0.5, 0.6) is 0 Å². The minimum atomic E-state index is -0.530. The van der Waals surface area contributed by atoms with Crippen molar-refractivity contribution in [2.75, 3.05) is 40.4 Å². The number of carbonyl (C=O) groups is 1. The van der Waals surface area contributed by atoms with Gasteiger partial charge in [0, 0.05) is 26.3 Å².